The molecule has 0 aromatic heterocycles. The lowest BCUT2D eigenvalue weighted by Crippen LogP contribution is -2.29. The van der Waals surface area contributed by atoms with E-state index in [1.165, 1.54) is 25.7 Å². The fraction of sp³-hybridized carbons (Fsp3) is 0.628. The van der Waals surface area contributed by atoms with Crippen molar-refractivity contribution >= 4 is 19.8 Å². The SMILES string of the molecule is CCCCC/C=C\C/C=C\C/C=C\CCCCCCC(=O)O[C@H](COC(=O)CCC/C=C\C/C=C\C/C=C\C/C=C\CC[C@@H](O)CC)COP(=O)(O)O. The largest absolute Gasteiger partial charge is 0.469 e. The van der Waals surface area contributed by atoms with Gasteiger partial charge in [0.05, 0.1) is 12.7 Å². The third-order valence-electron chi connectivity index (χ3n) is 8.05. The number of rotatable bonds is 35. The van der Waals surface area contributed by atoms with Crippen molar-refractivity contribution in [2.24, 2.45) is 0 Å². The van der Waals surface area contributed by atoms with Gasteiger partial charge in [-0.25, -0.2) is 4.57 Å². The van der Waals surface area contributed by atoms with Gasteiger partial charge >= 0.3 is 19.8 Å². The standard InChI is InChI=1S/C43H71O9P/c1-3-5-6-7-8-9-10-11-12-13-14-19-22-25-28-31-34-37-43(46)52-41(39-51-53(47,48)49)38-50-42(45)36-33-30-27-24-21-18-16-15-17-20-23-26-29-32-35-40(44)4-2/h8-9,11-12,14,16-20,24,26-27,29,40-41,44H,3-7,10,13,15,21-23,25,28,30-39H2,1-2H3,(H2,47,48,49)/b9-8-,12-11-,18-16-,19-14-,20-17-,27-24-,29-26-/t40-,41+/m0/s1. The number of phosphoric acid groups is 1. The Labute approximate surface area is 321 Å². The average Bonchev–Trinajstić information content (AvgIpc) is 3.13. The van der Waals surface area contributed by atoms with Crippen molar-refractivity contribution in [1.82, 2.24) is 0 Å². The maximum atomic E-state index is 12.4. The first-order valence-electron chi connectivity index (χ1n) is 20.0. The van der Waals surface area contributed by atoms with E-state index >= 15 is 0 Å². The summed E-state index contributed by atoms with van der Waals surface area (Å²) in [4.78, 5) is 42.8. The zero-order chi connectivity index (χ0) is 39.1. The number of ether oxygens (including phenoxy) is 2. The quantitative estimate of drug-likeness (QED) is 0.0249. The van der Waals surface area contributed by atoms with Gasteiger partial charge in [0.2, 0.25) is 0 Å². The number of unbranched alkanes of at least 4 members (excludes halogenated alkanes) is 8. The third-order valence-corrected chi connectivity index (χ3v) is 8.54. The Morgan fingerprint density at radius 2 is 1.02 bits per heavy atom. The smallest absolute Gasteiger partial charge is 0.462 e. The Kier molecular flexibility index (Phi) is 35.5. The van der Waals surface area contributed by atoms with E-state index in [-0.39, 0.29) is 25.6 Å². The van der Waals surface area contributed by atoms with Crippen LogP contribution in [0.2, 0.25) is 0 Å². The Morgan fingerprint density at radius 3 is 1.53 bits per heavy atom. The molecule has 0 rings (SSSR count). The molecule has 9 nitrogen and oxygen atoms in total. The monoisotopic (exact) mass is 762 g/mol. The zero-order valence-corrected chi connectivity index (χ0v) is 33.6. The van der Waals surface area contributed by atoms with Gasteiger partial charge in [-0.2, -0.15) is 0 Å². The second-order valence-corrected chi connectivity index (χ2v) is 14.3. The first-order valence-corrected chi connectivity index (χ1v) is 21.5. The number of esters is 2. The predicted molar refractivity (Wildman–Crippen MR) is 217 cm³/mol. The molecule has 0 aliphatic rings. The van der Waals surface area contributed by atoms with Crippen LogP contribution in [0.3, 0.4) is 0 Å². The molecule has 53 heavy (non-hydrogen) atoms. The highest BCUT2D eigenvalue weighted by Crippen LogP contribution is 2.36. The molecule has 0 aromatic carbocycles. The molecular weight excluding hydrogens is 691 g/mol. The minimum atomic E-state index is -4.78. The van der Waals surface area contributed by atoms with Gasteiger partial charge in [0, 0.05) is 12.8 Å². The molecule has 0 aromatic rings. The van der Waals surface area contributed by atoms with E-state index in [0.29, 0.717) is 19.3 Å². The highest BCUT2D eigenvalue weighted by atomic mass is 31.2. The normalized spacial score (nSPS) is 14.0. The van der Waals surface area contributed by atoms with Crippen LogP contribution in [0.1, 0.15) is 149 Å². The summed E-state index contributed by atoms with van der Waals surface area (Å²) < 4.78 is 26.3. The van der Waals surface area contributed by atoms with Crippen LogP contribution < -0.4 is 0 Å². The summed E-state index contributed by atoms with van der Waals surface area (Å²) >= 11 is 0. The van der Waals surface area contributed by atoms with E-state index < -0.39 is 32.5 Å². The highest BCUT2D eigenvalue weighted by molar-refractivity contribution is 7.46. The molecule has 2 atom stereocenters. The van der Waals surface area contributed by atoms with Crippen LogP contribution in [0.5, 0.6) is 0 Å². The highest BCUT2D eigenvalue weighted by Gasteiger charge is 2.22. The van der Waals surface area contributed by atoms with E-state index in [1.54, 1.807) is 0 Å². The second kappa shape index (κ2) is 37.5. The van der Waals surface area contributed by atoms with Crippen LogP contribution in [0.25, 0.3) is 0 Å². The van der Waals surface area contributed by atoms with Gasteiger partial charge in [-0.1, -0.05) is 125 Å². The lowest BCUT2D eigenvalue weighted by atomic mass is 10.1. The van der Waals surface area contributed by atoms with E-state index in [0.717, 1.165) is 77.0 Å². The van der Waals surface area contributed by atoms with E-state index in [2.05, 4.69) is 84.4 Å². The van der Waals surface area contributed by atoms with Crippen LogP contribution in [-0.4, -0.2) is 52.3 Å². The fourth-order valence-corrected chi connectivity index (χ4v) is 5.24. The Hall–Kier alpha value is -2.81. The van der Waals surface area contributed by atoms with E-state index in [1.807, 2.05) is 19.1 Å². The number of aliphatic hydroxyl groups excluding tert-OH is 1. The molecule has 0 aliphatic heterocycles. The van der Waals surface area contributed by atoms with Gasteiger partial charge in [-0.3, -0.25) is 14.1 Å². The number of hydrogen-bond donors (Lipinski definition) is 3. The zero-order valence-electron chi connectivity index (χ0n) is 32.7. The maximum Gasteiger partial charge on any atom is 0.469 e. The fourth-order valence-electron chi connectivity index (χ4n) is 4.88. The van der Waals surface area contributed by atoms with Gasteiger partial charge in [0.15, 0.2) is 6.10 Å². The van der Waals surface area contributed by atoms with Crippen molar-refractivity contribution < 1.29 is 43.0 Å². The summed E-state index contributed by atoms with van der Waals surface area (Å²) in [6.07, 6.45) is 46.7. The number of hydrogen-bond acceptors (Lipinski definition) is 7. The van der Waals surface area contributed by atoms with Crippen molar-refractivity contribution in [3.63, 3.8) is 0 Å². The van der Waals surface area contributed by atoms with E-state index in [4.69, 9.17) is 19.3 Å². The molecule has 0 saturated heterocycles. The second-order valence-electron chi connectivity index (χ2n) is 13.0. The van der Waals surface area contributed by atoms with Crippen molar-refractivity contribution in [3.8, 4) is 0 Å². The minimum absolute atomic E-state index is 0.163. The van der Waals surface area contributed by atoms with Gasteiger partial charge in [-0.05, 0) is 96.3 Å². The van der Waals surface area contributed by atoms with Crippen molar-refractivity contribution in [2.45, 2.75) is 161 Å². The van der Waals surface area contributed by atoms with Gasteiger partial charge in [-0.15, -0.1) is 0 Å². The van der Waals surface area contributed by atoms with Crippen molar-refractivity contribution in [1.29, 1.82) is 0 Å². The van der Waals surface area contributed by atoms with Crippen molar-refractivity contribution in [3.05, 3.63) is 85.1 Å². The molecular formula is C43H71O9P. The lowest BCUT2D eigenvalue weighted by Gasteiger charge is -2.18. The molecule has 0 amide bonds. The molecule has 0 aliphatic carbocycles. The lowest BCUT2D eigenvalue weighted by molar-refractivity contribution is -0.161. The molecule has 0 unspecified atom stereocenters. The molecule has 302 valence electrons. The van der Waals surface area contributed by atoms with Crippen LogP contribution in [-0.2, 0) is 28.2 Å². The molecule has 0 bridgehead atoms. The summed E-state index contributed by atoms with van der Waals surface area (Å²) in [6, 6.07) is 0. The number of aliphatic hydroxyl groups is 1. The first-order chi connectivity index (χ1) is 25.7. The number of allylic oxidation sites excluding steroid dienone is 14. The molecule has 0 heterocycles. The molecule has 3 N–H and O–H groups in total. The van der Waals surface area contributed by atoms with E-state index in [9.17, 15) is 19.3 Å². The van der Waals surface area contributed by atoms with Crippen LogP contribution in [0.15, 0.2) is 85.1 Å². The van der Waals surface area contributed by atoms with Crippen LogP contribution in [0.4, 0.5) is 0 Å². The van der Waals surface area contributed by atoms with Crippen LogP contribution >= 0.6 is 7.82 Å². The van der Waals surface area contributed by atoms with Crippen LogP contribution in [0, 0.1) is 0 Å². The summed E-state index contributed by atoms with van der Waals surface area (Å²) in [6.45, 7) is 3.29. The van der Waals surface area contributed by atoms with Gasteiger partial charge < -0.3 is 24.4 Å². The van der Waals surface area contributed by atoms with Gasteiger partial charge in [0.1, 0.15) is 6.61 Å². The molecule has 10 heteroatoms. The number of carbonyl (C=O) groups is 2. The first kappa shape index (κ1) is 50.2. The average molecular weight is 763 g/mol. The molecule has 0 spiro atoms. The minimum Gasteiger partial charge on any atom is -0.462 e. The maximum absolute atomic E-state index is 12.4. The molecule has 0 fully saturated rings. The summed E-state index contributed by atoms with van der Waals surface area (Å²) in [7, 11) is -4.78. The van der Waals surface area contributed by atoms with Gasteiger partial charge in [0.25, 0.3) is 0 Å². The Morgan fingerprint density at radius 1 is 0.566 bits per heavy atom. The summed E-state index contributed by atoms with van der Waals surface area (Å²) in [5.41, 5.74) is 0. The van der Waals surface area contributed by atoms with Crippen molar-refractivity contribution in [2.75, 3.05) is 13.2 Å². The molecule has 0 saturated carbocycles. The summed E-state index contributed by atoms with van der Waals surface area (Å²) in [5, 5.41) is 9.53. The Bertz CT molecular complexity index is 1150. The number of phosphoric ester groups is 1. The predicted octanol–water partition coefficient (Wildman–Crippen LogP) is 11.0. The topological polar surface area (TPSA) is 140 Å². The Balaban J connectivity index is 4.12. The summed E-state index contributed by atoms with van der Waals surface area (Å²) in [5.74, 6) is -1.00. The number of carbonyl (C=O) groups excluding carboxylic acids is 2. The molecule has 0 radical (unpaired) electrons. The third kappa shape index (κ3) is 40.2.